The number of oxazole rings is 1. The molecule has 7 nitrogen and oxygen atoms in total. The third-order valence-electron chi connectivity index (χ3n) is 3.76. The highest BCUT2D eigenvalue weighted by atomic mass is 32.2. The van der Waals surface area contributed by atoms with E-state index in [0.29, 0.717) is 11.1 Å². The fraction of sp³-hybridized carbons (Fsp3) is 0.462. The predicted octanol–water partition coefficient (Wildman–Crippen LogP) is 0.110. The first-order valence-corrected chi connectivity index (χ1v) is 8.32. The molecule has 0 bridgehead atoms. The number of hydrogen-bond acceptors (Lipinski definition) is 5. The van der Waals surface area contributed by atoms with Crippen LogP contribution in [0.15, 0.2) is 32.3 Å². The highest BCUT2D eigenvalue weighted by Gasteiger charge is 2.25. The zero-order chi connectivity index (χ0) is 15.9. The van der Waals surface area contributed by atoms with Crippen LogP contribution >= 0.6 is 0 Å². The molecule has 1 fully saturated rings. The van der Waals surface area contributed by atoms with Crippen molar-refractivity contribution in [2.45, 2.75) is 23.5 Å². The van der Waals surface area contributed by atoms with Crippen LogP contribution in [0.3, 0.4) is 0 Å². The van der Waals surface area contributed by atoms with Crippen molar-refractivity contribution in [2.24, 2.45) is 7.05 Å². The normalized spacial score (nSPS) is 22.5. The second-order valence-electron chi connectivity index (χ2n) is 5.35. The maximum Gasteiger partial charge on any atom is 0.419 e. The number of halogens is 1. The van der Waals surface area contributed by atoms with Gasteiger partial charge in [-0.3, -0.25) is 4.57 Å². The SMILES string of the molecule is Cn1c(=O)oc2ccc(S(=O)(=O)NC[C@@H]3C[C@H](F)CN3)cc21. The Labute approximate surface area is 126 Å². The number of benzene rings is 1. The molecule has 120 valence electrons. The lowest BCUT2D eigenvalue weighted by molar-refractivity contribution is 0.355. The van der Waals surface area contributed by atoms with E-state index in [0.717, 1.165) is 0 Å². The van der Waals surface area contributed by atoms with Crippen LogP contribution < -0.4 is 15.8 Å². The summed E-state index contributed by atoms with van der Waals surface area (Å²) >= 11 is 0. The Kier molecular flexibility index (Phi) is 3.79. The molecule has 0 aliphatic carbocycles. The van der Waals surface area contributed by atoms with E-state index in [9.17, 15) is 17.6 Å². The van der Waals surface area contributed by atoms with Crippen molar-refractivity contribution in [3.63, 3.8) is 0 Å². The minimum Gasteiger partial charge on any atom is -0.408 e. The van der Waals surface area contributed by atoms with E-state index in [1.807, 2.05) is 0 Å². The average molecular weight is 329 g/mol. The van der Waals surface area contributed by atoms with Crippen molar-refractivity contribution in [2.75, 3.05) is 13.1 Å². The van der Waals surface area contributed by atoms with Gasteiger partial charge in [0.1, 0.15) is 6.17 Å². The minimum absolute atomic E-state index is 0.0335. The predicted molar refractivity (Wildman–Crippen MR) is 77.9 cm³/mol. The summed E-state index contributed by atoms with van der Waals surface area (Å²) in [6.07, 6.45) is -0.649. The number of rotatable bonds is 4. The fourth-order valence-corrected chi connectivity index (χ4v) is 3.59. The lowest BCUT2D eigenvalue weighted by Gasteiger charge is -2.12. The smallest absolute Gasteiger partial charge is 0.408 e. The summed E-state index contributed by atoms with van der Waals surface area (Å²) in [7, 11) is -2.23. The lowest BCUT2D eigenvalue weighted by atomic mass is 10.2. The molecule has 2 atom stereocenters. The number of nitrogens with zero attached hydrogens (tertiary/aromatic N) is 1. The molecule has 2 aromatic rings. The molecular formula is C13H16FN3O4S. The zero-order valence-electron chi connectivity index (χ0n) is 11.9. The highest BCUT2D eigenvalue weighted by molar-refractivity contribution is 7.89. The Hall–Kier alpha value is -1.71. The van der Waals surface area contributed by atoms with Crippen molar-refractivity contribution in [1.82, 2.24) is 14.6 Å². The summed E-state index contributed by atoms with van der Waals surface area (Å²) in [5.74, 6) is -0.554. The number of aryl methyl sites for hydroxylation is 1. The topological polar surface area (TPSA) is 93.3 Å². The van der Waals surface area contributed by atoms with E-state index in [1.165, 1.54) is 29.8 Å². The summed E-state index contributed by atoms with van der Waals surface area (Å²) in [6.45, 7) is 0.362. The molecule has 1 aliphatic heterocycles. The molecule has 1 aromatic carbocycles. The summed E-state index contributed by atoms with van der Waals surface area (Å²) in [5.41, 5.74) is 0.722. The molecule has 0 unspecified atom stereocenters. The molecule has 0 saturated carbocycles. The first kappa shape index (κ1) is 15.2. The number of hydrogen-bond donors (Lipinski definition) is 2. The van der Waals surface area contributed by atoms with E-state index in [4.69, 9.17) is 4.42 Å². The first-order chi connectivity index (χ1) is 10.4. The molecule has 1 aromatic heterocycles. The average Bonchev–Trinajstić information content (AvgIpc) is 3.01. The van der Waals surface area contributed by atoms with Crippen LogP contribution in [0.4, 0.5) is 4.39 Å². The second kappa shape index (κ2) is 5.49. The summed E-state index contributed by atoms with van der Waals surface area (Å²) in [5, 5.41) is 2.91. The second-order valence-corrected chi connectivity index (χ2v) is 7.11. The maximum absolute atomic E-state index is 13.1. The van der Waals surface area contributed by atoms with Gasteiger partial charge in [-0.25, -0.2) is 22.3 Å². The van der Waals surface area contributed by atoms with Crippen LogP contribution in [-0.2, 0) is 17.1 Å². The number of aromatic nitrogens is 1. The Morgan fingerprint density at radius 1 is 1.50 bits per heavy atom. The number of alkyl halides is 1. The van der Waals surface area contributed by atoms with Gasteiger partial charge in [0.2, 0.25) is 10.0 Å². The van der Waals surface area contributed by atoms with Crippen molar-refractivity contribution in [3.05, 3.63) is 28.7 Å². The molecule has 0 spiro atoms. The van der Waals surface area contributed by atoms with Gasteiger partial charge in [-0.2, -0.15) is 0 Å². The van der Waals surface area contributed by atoms with Gasteiger partial charge < -0.3 is 9.73 Å². The summed E-state index contributed by atoms with van der Waals surface area (Å²) in [6, 6.07) is 3.97. The molecule has 2 heterocycles. The maximum atomic E-state index is 13.1. The molecule has 0 amide bonds. The molecule has 1 aliphatic rings. The Morgan fingerprint density at radius 3 is 2.95 bits per heavy atom. The van der Waals surface area contributed by atoms with Crippen molar-refractivity contribution in [3.8, 4) is 0 Å². The van der Waals surface area contributed by atoms with Crippen molar-refractivity contribution in [1.29, 1.82) is 0 Å². The Balaban J connectivity index is 1.82. The monoisotopic (exact) mass is 329 g/mol. The van der Waals surface area contributed by atoms with Gasteiger partial charge in [-0.15, -0.1) is 0 Å². The molecule has 3 rings (SSSR count). The standard InChI is InChI=1S/C13H16FN3O4S/c1-17-11-5-10(2-3-12(11)21-13(17)18)22(19,20)16-7-9-4-8(14)6-15-9/h2-3,5,8-9,15-16H,4,6-7H2,1H3/t8-,9-/m0/s1. The third kappa shape index (κ3) is 2.79. The molecule has 1 saturated heterocycles. The van der Waals surface area contributed by atoms with Gasteiger partial charge in [0, 0.05) is 26.2 Å². The van der Waals surface area contributed by atoms with Gasteiger partial charge in [0.25, 0.3) is 0 Å². The fourth-order valence-electron chi connectivity index (χ4n) is 2.49. The van der Waals surface area contributed by atoms with Gasteiger partial charge in [-0.05, 0) is 24.6 Å². The van der Waals surface area contributed by atoms with Crippen molar-refractivity contribution < 1.29 is 17.2 Å². The molecule has 9 heteroatoms. The van der Waals surface area contributed by atoms with Crippen LogP contribution in [0, 0.1) is 0 Å². The summed E-state index contributed by atoms with van der Waals surface area (Å²) in [4.78, 5) is 11.5. The number of nitrogens with one attached hydrogen (secondary N) is 2. The van der Waals surface area contributed by atoms with E-state index in [1.54, 1.807) is 0 Å². The van der Waals surface area contributed by atoms with Crippen LogP contribution in [0.1, 0.15) is 6.42 Å². The quantitative estimate of drug-likeness (QED) is 0.830. The van der Waals surface area contributed by atoms with Crippen LogP contribution in [0.2, 0.25) is 0 Å². The van der Waals surface area contributed by atoms with E-state index >= 15 is 0 Å². The van der Waals surface area contributed by atoms with Gasteiger partial charge >= 0.3 is 5.76 Å². The largest absolute Gasteiger partial charge is 0.419 e. The highest BCUT2D eigenvalue weighted by Crippen LogP contribution is 2.18. The van der Waals surface area contributed by atoms with E-state index in [2.05, 4.69) is 10.0 Å². The molecule has 2 N–H and O–H groups in total. The minimum atomic E-state index is -3.73. The van der Waals surface area contributed by atoms with E-state index in [-0.39, 0.29) is 30.4 Å². The number of sulfonamides is 1. The summed E-state index contributed by atoms with van der Waals surface area (Å²) < 4.78 is 46.3. The third-order valence-corrected chi connectivity index (χ3v) is 5.18. The molecule has 22 heavy (non-hydrogen) atoms. The number of fused-ring (bicyclic) bond motifs is 1. The molecule has 0 radical (unpaired) electrons. The zero-order valence-corrected chi connectivity index (χ0v) is 12.7. The lowest BCUT2D eigenvalue weighted by Crippen LogP contribution is -2.37. The van der Waals surface area contributed by atoms with Crippen LogP contribution in [0.5, 0.6) is 0 Å². The van der Waals surface area contributed by atoms with Crippen molar-refractivity contribution >= 4 is 21.1 Å². The van der Waals surface area contributed by atoms with Gasteiger partial charge in [0.15, 0.2) is 5.58 Å². The van der Waals surface area contributed by atoms with Gasteiger partial charge in [0.05, 0.1) is 10.4 Å². The van der Waals surface area contributed by atoms with E-state index < -0.39 is 22.0 Å². The Morgan fingerprint density at radius 2 is 2.27 bits per heavy atom. The first-order valence-electron chi connectivity index (χ1n) is 6.83. The van der Waals surface area contributed by atoms with Crippen LogP contribution in [-0.4, -0.2) is 38.3 Å². The van der Waals surface area contributed by atoms with Crippen LogP contribution in [0.25, 0.3) is 11.1 Å². The van der Waals surface area contributed by atoms with Gasteiger partial charge in [-0.1, -0.05) is 0 Å². The molecular weight excluding hydrogens is 313 g/mol. The Bertz CT molecular complexity index is 858.